The second-order valence-corrected chi connectivity index (χ2v) is 14.5. The van der Waals surface area contributed by atoms with Crippen molar-refractivity contribution in [2.24, 2.45) is 21.6 Å². The van der Waals surface area contributed by atoms with Crippen LogP contribution >= 0.6 is 0 Å². The number of aromatic hydroxyl groups is 1. The van der Waals surface area contributed by atoms with Crippen molar-refractivity contribution in [3.8, 4) is 11.5 Å². The van der Waals surface area contributed by atoms with Gasteiger partial charge in [-0.2, -0.15) is 0 Å². The molecule has 8 nitrogen and oxygen atoms in total. The van der Waals surface area contributed by atoms with Gasteiger partial charge in [0.2, 0.25) is 0 Å². The van der Waals surface area contributed by atoms with Gasteiger partial charge >= 0.3 is 0 Å². The highest BCUT2D eigenvalue weighted by Crippen LogP contribution is 2.64. The standard InChI is InChI=1S/C40H46N4O4/c1-2-3-4-7-25(45)19-26(46)13-11-24-12-16-35(47)36(18-24)48-23-44-21-29-32(20-42-34(29)22-44)40-17-6-10-30(40)27-14-15-33-38(27)37-28(39(41)43-33)8-5-9-31(37)40/h5,8-9,12,16,18,20,22,25,30,39,45,47H,2-4,6-7,10-11,13-15,17,19,21,23,41H2,1H3. The van der Waals surface area contributed by atoms with Crippen LogP contribution in [0.15, 0.2) is 75.0 Å². The smallest absolute Gasteiger partial charge is 0.163 e. The molecule has 0 aromatic heterocycles. The number of carbonyl (C=O) groups excluding carboxylic acids is 1. The lowest BCUT2D eigenvalue weighted by molar-refractivity contribution is -0.121. The molecule has 250 valence electrons. The maximum Gasteiger partial charge on any atom is 0.163 e. The number of hydrogen-bond acceptors (Lipinski definition) is 8. The highest BCUT2D eigenvalue weighted by molar-refractivity contribution is 6.29. The lowest BCUT2D eigenvalue weighted by atomic mass is 9.58. The van der Waals surface area contributed by atoms with Crippen LogP contribution in [0.3, 0.4) is 0 Å². The molecule has 6 aliphatic rings. The van der Waals surface area contributed by atoms with Crippen molar-refractivity contribution in [1.29, 1.82) is 0 Å². The van der Waals surface area contributed by atoms with E-state index in [2.05, 4.69) is 42.4 Å². The topological polar surface area (TPSA) is 121 Å². The van der Waals surface area contributed by atoms with E-state index in [1.165, 1.54) is 46.4 Å². The number of ketones is 1. The van der Waals surface area contributed by atoms with Crippen molar-refractivity contribution >= 4 is 23.3 Å². The first-order valence-corrected chi connectivity index (χ1v) is 17.9. The zero-order chi connectivity index (χ0) is 33.0. The number of nitrogens with two attached hydrogens (primary N) is 1. The molecule has 0 radical (unpaired) electrons. The van der Waals surface area contributed by atoms with Gasteiger partial charge in [-0.05, 0) is 84.4 Å². The van der Waals surface area contributed by atoms with Crippen LogP contribution in [-0.4, -0.2) is 52.2 Å². The number of aliphatic hydroxyl groups is 1. The van der Waals surface area contributed by atoms with Crippen LogP contribution in [0.1, 0.15) is 106 Å². The van der Waals surface area contributed by atoms with Crippen LogP contribution in [0.4, 0.5) is 0 Å². The minimum atomic E-state index is -0.565. The number of fused-ring (bicyclic) bond motifs is 4. The van der Waals surface area contributed by atoms with Crippen LogP contribution in [0.2, 0.25) is 0 Å². The fourth-order valence-corrected chi connectivity index (χ4v) is 9.40. The summed E-state index contributed by atoms with van der Waals surface area (Å²) < 4.78 is 6.18. The minimum absolute atomic E-state index is 0.0595. The number of aliphatic imine (C=N–C) groups is 2. The van der Waals surface area contributed by atoms with E-state index in [0.717, 1.165) is 55.3 Å². The van der Waals surface area contributed by atoms with Crippen molar-refractivity contribution in [2.45, 2.75) is 102 Å². The predicted octanol–water partition coefficient (Wildman–Crippen LogP) is 6.81. The van der Waals surface area contributed by atoms with Gasteiger partial charge in [0.25, 0.3) is 0 Å². The lowest BCUT2D eigenvalue weighted by Gasteiger charge is -2.45. The molecule has 1 saturated carbocycles. The number of rotatable bonds is 13. The third-order valence-corrected chi connectivity index (χ3v) is 11.6. The van der Waals surface area contributed by atoms with E-state index < -0.39 is 6.10 Å². The molecule has 8 rings (SSSR count). The van der Waals surface area contributed by atoms with E-state index in [-0.39, 0.29) is 36.3 Å². The van der Waals surface area contributed by atoms with Gasteiger partial charge in [-0.3, -0.25) is 14.8 Å². The zero-order valence-corrected chi connectivity index (χ0v) is 27.9. The molecule has 0 bridgehead atoms. The van der Waals surface area contributed by atoms with Gasteiger partial charge in [-0.25, -0.2) is 0 Å². The molecule has 1 fully saturated rings. The normalized spacial score (nSPS) is 25.3. The first-order chi connectivity index (χ1) is 23.4. The fraction of sp³-hybridized carbons (Fsp3) is 0.475. The third-order valence-electron chi connectivity index (χ3n) is 11.6. The number of allylic oxidation sites excluding steroid dienone is 3. The van der Waals surface area contributed by atoms with Crippen LogP contribution < -0.4 is 10.5 Å². The summed E-state index contributed by atoms with van der Waals surface area (Å²) in [6, 6.07) is 12.0. The quantitative estimate of drug-likeness (QED) is 0.206. The number of phenols is 1. The highest BCUT2D eigenvalue weighted by Gasteiger charge is 2.56. The Morgan fingerprint density at radius 2 is 2.10 bits per heavy atom. The molecule has 3 aliphatic heterocycles. The van der Waals surface area contributed by atoms with E-state index >= 15 is 0 Å². The van der Waals surface area contributed by atoms with Crippen molar-refractivity contribution in [3.63, 3.8) is 0 Å². The first kappa shape index (κ1) is 31.3. The molecule has 0 amide bonds. The van der Waals surface area contributed by atoms with Crippen LogP contribution in [0, 0.1) is 5.92 Å². The summed E-state index contributed by atoms with van der Waals surface area (Å²) in [4.78, 5) is 24.5. The zero-order valence-electron chi connectivity index (χ0n) is 27.9. The SMILES string of the molecule is CCCCCC(O)CC(=O)CCc1ccc(O)c(OCN2C=C3N=CC(C45CCCC4C4=C6C(=NC(N)c7cccc5c76)CC4)=C3C2)c1. The van der Waals surface area contributed by atoms with E-state index in [1.807, 2.05) is 12.1 Å². The molecule has 0 saturated heterocycles. The molecule has 48 heavy (non-hydrogen) atoms. The molecule has 4 N–H and O–H groups in total. The molecule has 8 heteroatoms. The summed E-state index contributed by atoms with van der Waals surface area (Å²) in [5, 5.41) is 20.8. The third kappa shape index (κ3) is 5.15. The number of ether oxygens (including phenoxy) is 1. The van der Waals surface area contributed by atoms with Gasteiger partial charge in [0.15, 0.2) is 18.2 Å². The molecule has 3 aliphatic carbocycles. The largest absolute Gasteiger partial charge is 0.504 e. The molecule has 4 unspecified atom stereocenters. The van der Waals surface area contributed by atoms with Gasteiger partial charge in [0.05, 0.1) is 11.8 Å². The van der Waals surface area contributed by atoms with E-state index in [4.69, 9.17) is 20.5 Å². The molecule has 0 spiro atoms. The van der Waals surface area contributed by atoms with Gasteiger partial charge in [-0.15, -0.1) is 0 Å². The van der Waals surface area contributed by atoms with Crippen molar-refractivity contribution in [3.05, 3.63) is 87.3 Å². The summed E-state index contributed by atoms with van der Waals surface area (Å²) in [6.07, 6.45) is 13.7. The Bertz CT molecular complexity index is 1820. The Balaban J connectivity index is 0.978. The number of benzene rings is 2. The molecule has 4 atom stereocenters. The van der Waals surface area contributed by atoms with Crippen LogP contribution in [0.5, 0.6) is 11.5 Å². The van der Waals surface area contributed by atoms with Crippen molar-refractivity contribution in [1.82, 2.24) is 4.90 Å². The van der Waals surface area contributed by atoms with Gasteiger partial charge < -0.3 is 25.6 Å². The number of carbonyl (C=O) groups is 1. The molecular formula is C40H46N4O4. The monoisotopic (exact) mass is 646 g/mol. The first-order valence-electron chi connectivity index (χ1n) is 17.9. The summed E-state index contributed by atoms with van der Waals surface area (Å²) in [7, 11) is 0. The van der Waals surface area contributed by atoms with E-state index in [1.54, 1.807) is 11.6 Å². The van der Waals surface area contributed by atoms with Crippen LogP contribution in [-0.2, 0) is 16.6 Å². The average molecular weight is 647 g/mol. The number of Topliss-reactive ketones (excluding diaryl/α,β-unsaturated/α-hetero) is 1. The summed E-state index contributed by atoms with van der Waals surface area (Å²) in [6.45, 7) is 3.10. The summed E-state index contributed by atoms with van der Waals surface area (Å²) in [5.41, 5.74) is 19.1. The number of nitrogens with zero attached hydrogens (tertiary/aromatic N) is 3. The fourth-order valence-electron chi connectivity index (χ4n) is 9.40. The Labute approximate surface area is 282 Å². The van der Waals surface area contributed by atoms with E-state index in [9.17, 15) is 15.0 Å². The summed E-state index contributed by atoms with van der Waals surface area (Å²) >= 11 is 0. The minimum Gasteiger partial charge on any atom is -0.504 e. The maximum atomic E-state index is 12.5. The summed E-state index contributed by atoms with van der Waals surface area (Å²) in [5.74, 6) is 0.989. The second-order valence-electron chi connectivity index (χ2n) is 14.5. The highest BCUT2D eigenvalue weighted by atomic mass is 16.5. The number of aliphatic hydroxyl groups excluding tert-OH is 1. The molecular weight excluding hydrogens is 600 g/mol. The molecule has 2 aromatic rings. The van der Waals surface area contributed by atoms with Crippen LogP contribution in [0.25, 0.3) is 5.57 Å². The number of aryl methyl sites for hydroxylation is 1. The molecule has 3 heterocycles. The Hall–Kier alpha value is -4.01. The number of unbranched alkanes of at least 4 members (excludes halogenated alkanes) is 2. The second kappa shape index (κ2) is 12.5. The van der Waals surface area contributed by atoms with Crippen molar-refractivity contribution in [2.75, 3.05) is 13.3 Å². The average Bonchev–Trinajstić information content (AvgIpc) is 3.87. The maximum absolute atomic E-state index is 12.5. The van der Waals surface area contributed by atoms with E-state index in [0.29, 0.717) is 37.5 Å². The van der Waals surface area contributed by atoms with Crippen molar-refractivity contribution < 1.29 is 19.7 Å². The number of phenolic OH excluding ortho intramolecular Hbond substituents is 1. The Kier molecular flexibility index (Phi) is 8.12. The lowest BCUT2D eigenvalue weighted by Crippen LogP contribution is -2.40. The number of hydrogen-bond donors (Lipinski definition) is 3. The van der Waals surface area contributed by atoms with Gasteiger partial charge in [-0.1, -0.05) is 62.4 Å². The van der Waals surface area contributed by atoms with Gasteiger partial charge in [0.1, 0.15) is 11.9 Å². The van der Waals surface area contributed by atoms with Gasteiger partial charge in [0, 0.05) is 54.1 Å². The molecule has 2 aromatic carbocycles. The Morgan fingerprint density at radius 3 is 2.98 bits per heavy atom. The predicted molar refractivity (Wildman–Crippen MR) is 188 cm³/mol. The Morgan fingerprint density at radius 1 is 1.21 bits per heavy atom.